The average Bonchev–Trinajstić information content (AvgIpc) is 3.25. The Morgan fingerprint density at radius 3 is 2.03 bits per heavy atom. The largest absolute Gasteiger partial charge is 0.484 e. The number of rotatable bonds is 8. The van der Waals surface area contributed by atoms with Crippen molar-refractivity contribution in [2.75, 3.05) is 13.7 Å². The molecule has 2 aromatic carbocycles. The lowest BCUT2D eigenvalue weighted by Crippen LogP contribution is -2.68. The molecular formula is C24H22Cl2N2O7. The van der Waals surface area contributed by atoms with Gasteiger partial charge in [0.2, 0.25) is 0 Å². The SMILES string of the molecule is COC(=O)C12CC(c3noc(COc4ccc(Cl)cc4)n3)(C1)C2.O=C(O)COc1ccc(Cl)cc1. The quantitative estimate of drug-likeness (QED) is 0.421. The molecule has 0 aliphatic heterocycles. The molecule has 0 spiro atoms. The van der Waals surface area contributed by atoms with E-state index in [2.05, 4.69) is 10.1 Å². The standard InChI is InChI=1S/C16H15ClN2O4.C8H7ClO3/c1-21-14(20)16-7-15(8-16,9-16)13-18-12(23-19-13)6-22-11-4-2-10(17)3-5-11;9-6-1-3-7(4-2-6)12-5-8(10)11/h2-5H,6-9H2,1H3;1-4H,5H2,(H,10,11). The summed E-state index contributed by atoms with van der Waals surface area (Å²) in [6.07, 6.45) is 2.22. The van der Waals surface area contributed by atoms with Crippen molar-refractivity contribution in [3.8, 4) is 11.5 Å². The van der Waals surface area contributed by atoms with Gasteiger partial charge in [-0.1, -0.05) is 28.4 Å². The number of benzene rings is 2. The van der Waals surface area contributed by atoms with E-state index in [1.54, 1.807) is 48.5 Å². The van der Waals surface area contributed by atoms with Gasteiger partial charge in [-0.2, -0.15) is 4.98 Å². The number of aliphatic carboxylic acids is 1. The molecule has 0 saturated heterocycles. The molecule has 1 aromatic heterocycles. The molecule has 3 aliphatic rings. The number of esters is 1. The third kappa shape index (κ3) is 5.52. The zero-order chi connectivity index (χ0) is 25.1. The lowest BCUT2D eigenvalue weighted by atomic mass is 9.35. The van der Waals surface area contributed by atoms with Crippen LogP contribution in [0.5, 0.6) is 11.5 Å². The molecule has 11 heteroatoms. The fraction of sp³-hybridized carbons (Fsp3) is 0.333. The number of nitrogens with zero attached hydrogens (tertiary/aromatic N) is 2. The van der Waals surface area contributed by atoms with E-state index in [9.17, 15) is 9.59 Å². The number of carbonyl (C=O) groups excluding carboxylic acids is 1. The molecule has 9 nitrogen and oxygen atoms in total. The van der Waals surface area contributed by atoms with E-state index in [0.717, 1.165) is 19.3 Å². The maximum Gasteiger partial charge on any atom is 0.341 e. The van der Waals surface area contributed by atoms with Crippen molar-refractivity contribution in [1.29, 1.82) is 0 Å². The van der Waals surface area contributed by atoms with Crippen LogP contribution in [0.15, 0.2) is 53.1 Å². The number of ether oxygens (including phenoxy) is 3. The third-order valence-corrected chi connectivity index (χ3v) is 6.45. The average molecular weight is 521 g/mol. The van der Waals surface area contributed by atoms with E-state index < -0.39 is 5.97 Å². The molecule has 0 amide bonds. The molecule has 0 atom stereocenters. The molecular weight excluding hydrogens is 499 g/mol. The highest BCUT2D eigenvalue weighted by atomic mass is 35.5. The maximum absolute atomic E-state index is 11.7. The van der Waals surface area contributed by atoms with Crippen LogP contribution in [0.4, 0.5) is 0 Å². The Bertz CT molecular complexity index is 1180. The minimum atomic E-state index is -0.995. The molecule has 35 heavy (non-hydrogen) atoms. The summed E-state index contributed by atoms with van der Waals surface area (Å²) in [7, 11) is 1.43. The first kappa shape index (κ1) is 24.8. The van der Waals surface area contributed by atoms with E-state index in [0.29, 0.717) is 33.3 Å². The molecule has 1 heterocycles. The number of methoxy groups -OCH3 is 1. The number of halogens is 2. The predicted octanol–water partition coefficient (Wildman–Crippen LogP) is 4.70. The Balaban J connectivity index is 0.000000204. The Labute approximate surface area is 210 Å². The number of hydrogen-bond donors (Lipinski definition) is 1. The van der Waals surface area contributed by atoms with Crippen LogP contribution < -0.4 is 9.47 Å². The summed E-state index contributed by atoms with van der Waals surface area (Å²) in [6, 6.07) is 13.6. The van der Waals surface area contributed by atoms with Crippen molar-refractivity contribution in [3.05, 3.63) is 70.3 Å². The van der Waals surface area contributed by atoms with Gasteiger partial charge in [-0.25, -0.2) is 4.79 Å². The number of carbonyl (C=O) groups is 2. The second-order valence-corrected chi connectivity index (χ2v) is 9.35. The van der Waals surface area contributed by atoms with E-state index in [1.165, 1.54) is 7.11 Å². The fourth-order valence-corrected chi connectivity index (χ4v) is 4.59. The van der Waals surface area contributed by atoms with E-state index in [-0.39, 0.29) is 30.0 Å². The van der Waals surface area contributed by atoms with Crippen molar-refractivity contribution >= 4 is 35.1 Å². The van der Waals surface area contributed by atoms with Gasteiger partial charge >= 0.3 is 11.9 Å². The van der Waals surface area contributed by atoms with Gasteiger partial charge in [-0.3, -0.25) is 4.79 Å². The van der Waals surface area contributed by atoms with Gasteiger partial charge in [0.05, 0.1) is 12.5 Å². The summed E-state index contributed by atoms with van der Waals surface area (Å²) in [6.45, 7) is -0.130. The zero-order valence-electron chi connectivity index (χ0n) is 18.7. The lowest BCUT2D eigenvalue weighted by Gasteiger charge is -2.66. The Morgan fingerprint density at radius 2 is 1.51 bits per heavy atom. The Morgan fingerprint density at radius 1 is 0.971 bits per heavy atom. The van der Waals surface area contributed by atoms with Gasteiger partial charge in [-0.15, -0.1) is 0 Å². The Kier molecular flexibility index (Phi) is 7.18. The number of aromatic nitrogens is 2. The zero-order valence-corrected chi connectivity index (χ0v) is 20.2. The molecule has 0 unspecified atom stereocenters. The summed E-state index contributed by atoms with van der Waals surface area (Å²) in [5.41, 5.74) is -0.425. The topological polar surface area (TPSA) is 121 Å². The van der Waals surface area contributed by atoms with Crippen LogP contribution in [0.3, 0.4) is 0 Å². The van der Waals surface area contributed by atoms with Crippen LogP contribution in [0.25, 0.3) is 0 Å². The highest BCUT2D eigenvalue weighted by Gasteiger charge is 2.74. The molecule has 3 saturated carbocycles. The van der Waals surface area contributed by atoms with Crippen molar-refractivity contribution in [2.24, 2.45) is 5.41 Å². The van der Waals surface area contributed by atoms with E-state index in [1.807, 2.05) is 0 Å². The van der Waals surface area contributed by atoms with Crippen LogP contribution in [0, 0.1) is 5.41 Å². The summed E-state index contributed by atoms with van der Waals surface area (Å²) in [5, 5.41) is 13.6. The third-order valence-electron chi connectivity index (χ3n) is 5.94. The molecule has 3 fully saturated rings. The van der Waals surface area contributed by atoms with Gasteiger partial charge < -0.3 is 23.8 Å². The highest BCUT2D eigenvalue weighted by molar-refractivity contribution is 6.30. The first-order valence-corrected chi connectivity index (χ1v) is 11.4. The van der Waals surface area contributed by atoms with Crippen LogP contribution in [0.2, 0.25) is 10.0 Å². The minimum Gasteiger partial charge on any atom is -0.484 e. The fourth-order valence-electron chi connectivity index (χ4n) is 4.34. The second kappa shape index (κ2) is 10.1. The summed E-state index contributed by atoms with van der Waals surface area (Å²) < 4.78 is 20.5. The smallest absolute Gasteiger partial charge is 0.341 e. The Hall–Kier alpha value is -3.30. The summed E-state index contributed by atoms with van der Waals surface area (Å²) in [4.78, 5) is 26.2. The minimum absolute atomic E-state index is 0.115. The molecule has 3 aromatic rings. The van der Waals surface area contributed by atoms with Gasteiger partial charge in [0.25, 0.3) is 5.89 Å². The molecule has 6 rings (SSSR count). The van der Waals surface area contributed by atoms with Crippen LogP contribution >= 0.6 is 23.2 Å². The monoisotopic (exact) mass is 520 g/mol. The molecule has 184 valence electrons. The second-order valence-electron chi connectivity index (χ2n) is 8.47. The normalized spacial score (nSPS) is 21.5. The lowest BCUT2D eigenvalue weighted by molar-refractivity contribution is -0.199. The van der Waals surface area contributed by atoms with Crippen molar-refractivity contribution in [1.82, 2.24) is 10.1 Å². The first-order chi connectivity index (χ1) is 16.7. The van der Waals surface area contributed by atoms with Crippen molar-refractivity contribution in [3.63, 3.8) is 0 Å². The number of carboxylic acid groups (broad SMARTS) is 1. The van der Waals surface area contributed by atoms with Gasteiger partial charge in [0.1, 0.15) is 11.5 Å². The first-order valence-electron chi connectivity index (χ1n) is 10.6. The van der Waals surface area contributed by atoms with Crippen LogP contribution in [-0.2, 0) is 26.3 Å². The number of carboxylic acids is 1. The molecule has 1 N–H and O–H groups in total. The molecule has 3 aliphatic carbocycles. The van der Waals surface area contributed by atoms with Gasteiger partial charge in [0, 0.05) is 15.5 Å². The van der Waals surface area contributed by atoms with Crippen molar-refractivity contribution < 1.29 is 33.4 Å². The van der Waals surface area contributed by atoms with Crippen LogP contribution in [0.1, 0.15) is 31.0 Å². The summed E-state index contributed by atoms with van der Waals surface area (Å²) in [5.74, 6) is 1.15. The predicted molar refractivity (Wildman–Crippen MR) is 125 cm³/mol. The van der Waals surface area contributed by atoms with Gasteiger partial charge in [-0.05, 0) is 67.8 Å². The summed E-state index contributed by atoms with van der Waals surface area (Å²) >= 11 is 11.4. The molecule has 0 radical (unpaired) electrons. The van der Waals surface area contributed by atoms with Crippen molar-refractivity contribution in [2.45, 2.75) is 31.3 Å². The molecule has 2 bridgehead atoms. The van der Waals surface area contributed by atoms with Gasteiger partial charge in [0.15, 0.2) is 19.0 Å². The number of hydrogen-bond acceptors (Lipinski definition) is 8. The maximum atomic E-state index is 11.7. The van der Waals surface area contributed by atoms with E-state index >= 15 is 0 Å². The van der Waals surface area contributed by atoms with Crippen LogP contribution in [-0.4, -0.2) is 40.9 Å². The highest BCUT2D eigenvalue weighted by Crippen LogP contribution is 2.73. The van der Waals surface area contributed by atoms with E-state index in [4.69, 9.17) is 47.0 Å².